The lowest BCUT2D eigenvalue weighted by Crippen LogP contribution is -2.30. The van der Waals surface area contributed by atoms with E-state index in [9.17, 15) is 14.4 Å². The molecule has 0 aliphatic rings. The van der Waals surface area contributed by atoms with Gasteiger partial charge in [-0.3, -0.25) is 14.4 Å². The zero-order chi connectivity index (χ0) is 48.6. The summed E-state index contributed by atoms with van der Waals surface area (Å²) in [6, 6.07) is 0. The molecule has 384 valence electrons. The predicted octanol–water partition coefficient (Wildman–Crippen LogP) is 18.8. The minimum Gasteiger partial charge on any atom is -0.462 e. The molecule has 0 aliphatic carbocycles. The van der Waals surface area contributed by atoms with Crippen molar-refractivity contribution >= 4 is 17.9 Å². The molecule has 0 rings (SSSR count). The van der Waals surface area contributed by atoms with Gasteiger partial charge in [0.2, 0.25) is 0 Å². The fraction of sp³-hybridized carbons (Fsp3) is 0.721. The predicted molar refractivity (Wildman–Crippen MR) is 288 cm³/mol. The van der Waals surface area contributed by atoms with Gasteiger partial charge in [-0.05, 0) is 83.5 Å². The molecule has 67 heavy (non-hydrogen) atoms. The summed E-state index contributed by atoms with van der Waals surface area (Å²) in [5.74, 6) is -0.992. The third-order valence-corrected chi connectivity index (χ3v) is 11.9. The highest BCUT2D eigenvalue weighted by atomic mass is 16.6. The molecule has 0 spiro atoms. The average molecular weight is 933 g/mol. The summed E-state index contributed by atoms with van der Waals surface area (Å²) in [6.45, 7) is 6.46. The lowest BCUT2D eigenvalue weighted by Gasteiger charge is -2.18. The van der Waals surface area contributed by atoms with Gasteiger partial charge >= 0.3 is 17.9 Å². The summed E-state index contributed by atoms with van der Waals surface area (Å²) >= 11 is 0. The second-order valence-electron chi connectivity index (χ2n) is 18.5. The zero-order valence-electron chi connectivity index (χ0n) is 43.9. The molecule has 0 fully saturated rings. The van der Waals surface area contributed by atoms with E-state index in [1.54, 1.807) is 0 Å². The monoisotopic (exact) mass is 933 g/mol. The van der Waals surface area contributed by atoms with Gasteiger partial charge in [0.15, 0.2) is 6.10 Å². The van der Waals surface area contributed by atoms with Crippen LogP contribution in [0.25, 0.3) is 0 Å². The van der Waals surface area contributed by atoms with Crippen molar-refractivity contribution in [2.45, 2.75) is 271 Å². The first-order valence-corrected chi connectivity index (χ1v) is 28.1. The van der Waals surface area contributed by atoms with Gasteiger partial charge in [0.25, 0.3) is 0 Å². The van der Waals surface area contributed by atoms with Crippen molar-refractivity contribution in [2.75, 3.05) is 13.2 Å². The molecule has 0 aromatic heterocycles. The molecule has 0 radical (unpaired) electrons. The van der Waals surface area contributed by atoms with Crippen LogP contribution in [0.1, 0.15) is 265 Å². The smallest absolute Gasteiger partial charge is 0.306 e. The third kappa shape index (κ3) is 53.4. The molecule has 0 heterocycles. The average Bonchev–Trinajstić information content (AvgIpc) is 3.33. The van der Waals surface area contributed by atoms with Crippen molar-refractivity contribution < 1.29 is 28.6 Å². The summed E-state index contributed by atoms with van der Waals surface area (Å²) in [5.41, 5.74) is 0. The first-order valence-electron chi connectivity index (χ1n) is 28.1. The van der Waals surface area contributed by atoms with Crippen LogP contribution >= 0.6 is 0 Å². The van der Waals surface area contributed by atoms with Crippen LogP contribution in [0.15, 0.2) is 85.1 Å². The Morgan fingerprint density at radius 3 is 1.00 bits per heavy atom. The van der Waals surface area contributed by atoms with Gasteiger partial charge in [-0.2, -0.15) is 0 Å². The third-order valence-electron chi connectivity index (χ3n) is 11.9. The Kier molecular flexibility index (Phi) is 52.4. The molecule has 0 bridgehead atoms. The van der Waals surface area contributed by atoms with E-state index in [1.165, 1.54) is 128 Å². The van der Waals surface area contributed by atoms with E-state index in [-0.39, 0.29) is 37.5 Å². The van der Waals surface area contributed by atoms with Gasteiger partial charge in [0, 0.05) is 19.3 Å². The summed E-state index contributed by atoms with van der Waals surface area (Å²) in [4.78, 5) is 38.1. The highest BCUT2D eigenvalue weighted by Crippen LogP contribution is 2.15. The van der Waals surface area contributed by atoms with E-state index in [2.05, 4.69) is 99.8 Å². The van der Waals surface area contributed by atoms with Gasteiger partial charge in [-0.1, -0.05) is 247 Å². The minimum atomic E-state index is -0.810. The molecule has 0 aromatic rings. The number of esters is 3. The number of rotatable bonds is 50. The molecule has 0 aliphatic heterocycles. The van der Waals surface area contributed by atoms with E-state index < -0.39 is 6.10 Å². The van der Waals surface area contributed by atoms with Crippen LogP contribution in [0, 0.1) is 0 Å². The molecule has 0 aromatic carbocycles. The van der Waals surface area contributed by atoms with Crippen molar-refractivity contribution in [3.05, 3.63) is 85.1 Å². The molecule has 0 N–H and O–H groups in total. The minimum absolute atomic E-state index is 0.101. The summed E-state index contributed by atoms with van der Waals surface area (Å²) < 4.78 is 16.8. The highest BCUT2D eigenvalue weighted by molar-refractivity contribution is 5.71. The topological polar surface area (TPSA) is 78.9 Å². The molecule has 0 saturated heterocycles. The second kappa shape index (κ2) is 55.2. The molecular weight excluding hydrogens is 829 g/mol. The van der Waals surface area contributed by atoms with Crippen molar-refractivity contribution in [2.24, 2.45) is 0 Å². The van der Waals surface area contributed by atoms with Crippen molar-refractivity contribution in [3.63, 3.8) is 0 Å². The molecular formula is C61H104O6. The lowest BCUT2D eigenvalue weighted by atomic mass is 10.0. The molecule has 6 nitrogen and oxygen atoms in total. The van der Waals surface area contributed by atoms with E-state index in [0.29, 0.717) is 19.3 Å². The number of hydrogen-bond acceptors (Lipinski definition) is 6. The lowest BCUT2D eigenvalue weighted by molar-refractivity contribution is -0.166. The van der Waals surface area contributed by atoms with Crippen LogP contribution in [-0.4, -0.2) is 37.2 Å². The van der Waals surface area contributed by atoms with Crippen LogP contribution in [-0.2, 0) is 28.6 Å². The number of carbonyl (C=O) groups excluding carboxylic acids is 3. The molecule has 0 amide bonds. The first kappa shape index (κ1) is 63.6. The highest BCUT2D eigenvalue weighted by Gasteiger charge is 2.19. The largest absolute Gasteiger partial charge is 0.462 e. The van der Waals surface area contributed by atoms with Crippen LogP contribution in [0.5, 0.6) is 0 Å². The van der Waals surface area contributed by atoms with Gasteiger partial charge in [0.1, 0.15) is 13.2 Å². The number of carbonyl (C=O) groups is 3. The second-order valence-corrected chi connectivity index (χ2v) is 18.5. The summed E-state index contributed by atoms with van der Waals surface area (Å²) in [5, 5.41) is 0. The normalized spacial score (nSPS) is 12.7. The van der Waals surface area contributed by atoms with Gasteiger partial charge in [0.05, 0.1) is 0 Å². The van der Waals surface area contributed by atoms with E-state index in [1.807, 2.05) is 6.08 Å². The maximum atomic E-state index is 12.8. The number of unbranched alkanes of at least 4 members (excludes halogenated alkanes) is 25. The molecule has 6 heteroatoms. The van der Waals surface area contributed by atoms with Gasteiger partial charge in [-0.15, -0.1) is 0 Å². The maximum Gasteiger partial charge on any atom is 0.306 e. The Bertz CT molecular complexity index is 1300. The Hall–Kier alpha value is -3.41. The van der Waals surface area contributed by atoms with Gasteiger partial charge in [-0.25, -0.2) is 0 Å². The van der Waals surface area contributed by atoms with Crippen LogP contribution < -0.4 is 0 Å². The van der Waals surface area contributed by atoms with Crippen molar-refractivity contribution in [3.8, 4) is 0 Å². The maximum absolute atomic E-state index is 12.8. The van der Waals surface area contributed by atoms with E-state index >= 15 is 0 Å². The standard InChI is InChI=1S/C61H104O6/c1-4-7-10-13-16-19-22-25-28-29-30-31-34-36-39-42-45-48-51-54-60(63)66-57-58(67-61(64)55-52-49-46-43-40-37-33-27-24-21-18-15-12-9-6-3)56-65-59(62)53-50-47-44-41-38-35-32-26-23-20-17-14-11-8-5-2/h7,10,16,19,25,27-28,30-31,33,36,39,45,48,58H,4-6,8-9,11-15,17-18,20-24,26,29,32,34-35,37-38,40-44,46-47,49-57H2,1-3H3/b10-7-,19-16-,28-25-,31-30-,33-27-,39-36-,48-45-/t58-/m1/s1. The quantitative estimate of drug-likeness (QED) is 0.0262. The zero-order valence-corrected chi connectivity index (χ0v) is 43.9. The molecule has 0 saturated carbocycles. The van der Waals surface area contributed by atoms with Crippen molar-refractivity contribution in [1.29, 1.82) is 0 Å². The number of allylic oxidation sites excluding steroid dienone is 14. The van der Waals surface area contributed by atoms with Crippen LogP contribution in [0.4, 0.5) is 0 Å². The Morgan fingerprint density at radius 2 is 0.612 bits per heavy atom. The molecule has 0 unspecified atom stereocenters. The Balaban J connectivity index is 4.49. The SMILES string of the molecule is CC/C=C\C/C=C\C/C=C\C/C=C\C/C=C\C/C=C\CCC(=O)OC[C@@H](COC(=O)CCCCCCCCCCCCCCCCC)OC(=O)CCCCCCC/C=C\CCCCCCCC. The summed E-state index contributed by atoms with van der Waals surface area (Å²) in [6.07, 6.45) is 71.5. The van der Waals surface area contributed by atoms with Gasteiger partial charge < -0.3 is 14.2 Å². The number of hydrogen-bond donors (Lipinski definition) is 0. The first-order chi connectivity index (χ1) is 33.0. The number of ether oxygens (including phenoxy) is 3. The summed E-state index contributed by atoms with van der Waals surface area (Å²) in [7, 11) is 0. The Morgan fingerprint density at radius 1 is 0.313 bits per heavy atom. The van der Waals surface area contributed by atoms with Crippen LogP contribution in [0.2, 0.25) is 0 Å². The van der Waals surface area contributed by atoms with Crippen molar-refractivity contribution in [1.82, 2.24) is 0 Å². The fourth-order valence-electron chi connectivity index (χ4n) is 7.70. The fourth-order valence-corrected chi connectivity index (χ4v) is 7.70. The van der Waals surface area contributed by atoms with E-state index in [0.717, 1.165) is 89.9 Å². The molecule has 1 atom stereocenters. The Labute approximate surface area is 414 Å². The van der Waals surface area contributed by atoms with E-state index in [4.69, 9.17) is 14.2 Å². The van der Waals surface area contributed by atoms with Crippen LogP contribution in [0.3, 0.4) is 0 Å².